The van der Waals surface area contributed by atoms with Gasteiger partial charge in [0.2, 0.25) is 5.75 Å². The summed E-state index contributed by atoms with van der Waals surface area (Å²) in [5.74, 6) is -6.98. The predicted molar refractivity (Wildman–Crippen MR) is 161 cm³/mol. The number of halogens is 1. The Bertz CT molecular complexity index is 1870. The lowest BCUT2D eigenvalue weighted by atomic mass is 9.88. The molecular formula is C35H23ClO8. The monoisotopic (exact) mass is 606 g/mol. The van der Waals surface area contributed by atoms with Crippen LogP contribution in [-0.4, -0.2) is 33.7 Å². The molecule has 0 aliphatic heterocycles. The first-order chi connectivity index (χ1) is 21.3. The first-order valence-electron chi connectivity index (χ1n) is 13.3. The number of carbonyl (C=O) groups is 4. The predicted octanol–water partition coefficient (Wildman–Crippen LogP) is 6.79. The van der Waals surface area contributed by atoms with Crippen molar-refractivity contribution < 1.29 is 38.9 Å². The molecule has 0 heterocycles. The van der Waals surface area contributed by atoms with E-state index in [4.69, 9.17) is 21.1 Å². The number of phenolic OH excluding ortho intramolecular Hbond substituents is 2. The van der Waals surface area contributed by atoms with Crippen molar-refractivity contribution in [1.82, 2.24) is 0 Å². The summed E-state index contributed by atoms with van der Waals surface area (Å²) in [5.41, 5.74) is -1.52. The van der Waals surface area contributed by atoms with Gasteiger partial charge < -0.3 is 19.7 Å². The SMILES string of the molecule is O=C(Oc1c(O)c(O)c(C(=O)c2ccccc2)c(C(=O)OCc2ccccc2Cl)c1C(=O)c1ccccc1)c1ccccc1. The zero-order valence-electron chi connectivity index (χ0n) is 22.9. The third-order valence-electron chi connectivity index (χ3n) is 6.65. The molecule has 0 fully saturated rings. The van der Waals surface area contributed by atoms with Crippen molar-refractivity contribution in [2.24, 2.45) is 0 Å². The molecule has 5 aromatic rings. The van der Waals surface area contributed by atoms with E-state index < -0.39 is 57.4 Å². The molecule has 5 rings (SSSR count). The Hall–Kier alpha value is -5.73. The number of carbonyl (C=O) groups excluding carboxylic acids is 4. The molecule has 0 saturated heterocycles. The van der Waals surface area contributed by atoms with Crippen molar-refractivity contribution in [1.29, 1.82) is 0 Å². The molecule has 0 radical (unpaired) electrons. The summed E-state index contributed by atoms with van der Waals surface area (Å²) >= 11 is 6.23. The van der Waals surface area contributed by atoms with Crippen LogP contribution in [0.15, 0.2) is 115 Å². The molecule has 8 nitrogen and oxygen atoms in total. The lowest BCUT2D eigenvalue weighted by Gasteiger charge is -2.20. The second-order valence-electron chi connectivity index (χ2n) is 9.46. The Morgan fingerprint density at radius 1 is 0.545 bits per heavy atom. The Kier molecular flexibility index (Phi) is 8.83. The molecular weight excluding hydrogens is 584 g/mol. The van der Waals surface area contributed by atoms with E-state index in [2.05, 4.69) is 0 Å². The van der Waals surface area contributed by atoms with Crippen molar-refractivity contribution in [3.05, 3.63) is 159 Å². The Balaban J connectivity index is 1.76. The molecule has 0 aliphatic rings. The number of hydrogen-bond acceptors (Lipinski definition) is 8. The molecule has 0 atom stereocenters. The molecule has 5 aromatic carbocycles. The summed E-state index contributed by atoms with van der Waals surface area (Å²) in [6.07, 6.45) is 0. The molecule has 2 N–H and O–H groups in total. The van der Waals surface area contributed by atoms with Crippen molar-refractivity contribution in [2.45, 2.75) is 6.61 Å². The van der Waals surface area contributed by atoms with Gasteiger partial charge in [0.1, 0.15) is 6.61 Å². The number of aromatic hydroxyl groups is 2. The third kappa shape index (κ3) is 6.06. The minimum atomic E-state index is -1.21. The van der Waals surface area contributed by atoms with Crippen molar-refractivity contribution >= 4 is 35.1 Å². The summed E-state index contributed by atoms with van der Waals surface area (Å²) in [5, 5.41) is 22.7. The summed E-state index contributed by atoms with van der Waals surface area (Å²) < 4.78 is 11.0. The van der Waals surface area contributed by atoms with Crippen LogP contribution in [-0.2, 0) is 11.3 Å². The van der Waals surface area contributed by atoms with Gasteiger partial charge in [0.25, 0.3) is 0 Å². The maximum atomic E-state index is 14.1. The quantitative estimate of drug-likeness (QED) is 0.0812. The van der Waals surface area contributed by atoms with Gasteiger partial charge in [-0.05, 0) is 18.2 Å². The van der Waals surface area contributed by atoms with Crippen LogP contribution < -0.4 is 4.74 Å². The molecule has 0 saturated carbocycles. The standard InChI is InChI=1S/C35H23ClO8/c36-25-19-11-10-18-24(25)20-43-35(42)26-27(29(37)21-12-4-1-5-13-21)31(39)32(40)33(44-34(41)23-16-8-3-9-17-23)28(26)30(38)22-14-6-2-7-15-22/h1-19,39-40H,20H2. The number of rotatable bonds is 9. The van der Waals surface area contributed by atoms with Crippen LogP contribution in [0.1, 0.15) is 58.1 Å². The van der Waals surface area contributed by atoms with Gasteiger partial charge in [-0.25, -0.2) is 9.59 Å². The van der Waals surface area contributed by atoms with Crippen LogP contribution in [0.2, 0.25) is 5.02 Å². The van der Waals surface area contributed by atoms with Crippen LogP contribution in [0.4, 0.5) is 0 Å². The number of benzene rings is 5. The van der Waals surface area contributed by atoms with E-state index in [1.54, 1.807) is 78.9 Å². The van der Waals surface area contributed by atoms with Crippen LogP contribution in [0, 0.1) is 0 Å². The van der Waals surface area contributed by atoms with Gasteiger partial charge in [-0.15, -0.1) is 0 Å². The fourth-order valence-corrected chi connectivity index (χ4v) is 4.66. The maximum absolute atomic E-state index is 14.1. The number of esters is 2. The van der Waals surface area contributed by atoms with E-state index in [1.165, 1.54) is 36.4 Å². The van der Waals surface area contributed by atoms with Crippen LogP contribution >= 0.6 is 11.6 Å². The lowest BCUT2D eigenvalue weighted by Crippen LogP contribution is -2.21. The van der Waals surface area contributed by atoms with Crippen LogP contribution in [0.25, 0.3) is 0 Å². The lowest BCUT2D eigenvalue weighted by molar-refractivity contribution is 0.0464. The number of ketones is 2. The van der Waals surface area contributed by atoms with E-state index in [0.717, 1.165) is 0 Å². The largest absolute Gasteiger partial charge is 0.504 e. The smallest absolute Gasteiger partial charge is 0.343 e. The fraction of sp³-hybridized carbons (Fsp3) is 0.0286. The van der Waals surface area contributed by atoms with Crippen molar-refractivity contribution in [2.75, 3.05) is 0 Å². The second kappa shape index (κ2) is 13.1. The van der Waals surface area contributed by atoms with Gasteiger partial charge in [-0.3, -0.25) is 9.59 Å². The summed E-state index contributed by atoms with van der Waals surface area (Å²) in [7, 11) is 0. The normalized spacial score (nSPS) is 10.6. The highest BCUT2D eigenvalue weighted by Crippen LogP contribution is 2.46. The Labute approximate surface area is 256 Å². The van der Waals surface area contributed by atoms with E-state index >= 15 is 0 Å². The molecule has 0 spiro atoms. The van der Waals surface area contributed by atoms with Gasteiger partial charge in [0.15, 0.2) is 23.1 Å². The highest BCUT2D eigenvalue weighted by atomic mass is 35.5. The van der Waals surface area contributed by atoms with Gasteiger partial charge in [0.05, 0.1) is 22.3 Å². The third-order valence-corrected chi connectivity index (χ3v) is 7.02. The molecule has 0 bridgehead atoms. The van der Waals surface area contributed by atoms with Crippen molar-refractivity contribution in [3.8, 4) is 17.2 Å². The van der Waals surface area contributed by atoms with Gasteiger partial charge in [0, 0.05) is 21.7 Å². The van der Waals surface area contributed by atoms with E-state index in [9.17, 15) is 29.4 Å². The van der Waals surface area contributed by atoms with Gasteiger partial charge >= 0.3 is 11.9 Å². The second-order valence-corrected chi connectivity index (χ2v) is 9.87. The van der Waals surface area contributed by atoms with Gasteiger partial charge in [-0.1, -0.05) is 109 Å². The van der Waals surface area contributed by atoms with Gasteiger partial charge in [-0.2, -0.15) is 0 Å². The zero-order chi connectivity index (χ0) is 31.2. The Morgan fingerprint density at radius 3 is 1.57 bits per heavy atom. The first kappa shape index (κ1) is 29.8. The average molecular weight is 607 g/mol. The highest BCUT2D eigenvalue weighted by molar-refractivity contribution is 6.31. The number of hydrogen-bond donors (Lipinski definition) is 2. The summed E-state index contributed by atoms with van der Waals surface area (Å²) in [4.78, 5) is 55.0. The average Bonchev–Trinajstić information content (AvgIpc) is 3.06. The molecule has 0 aliphatic carbocycles. The number of ether oxygens (including phenoxy) is 2. The fourth-order valence-electron chi connectivity index (χ4n) is 4.47. The summed E-state index contributed by atoms with van der Waals surface area (Å²) in [6, 6.07) is 29.5. The minimum Gasteiger partial charge on any atom is -0.504 e. The molecule has 0 aromatic heterocycles. The zero-order valence-corrected chi connectivity index (χ0v) is 23.7. The first-order valence-corrected chi connectivity index (χ1v) is 13.6. The summed E-state index contributed by atoms with van der Waals surface area (Å²) in [6.45, 7) is -0.364. The molecule has 218 valence electrons. The molecule has 0 amide bonds. The molecule has 0 unspecified atom stereocenters. The van der Waals surface area contributed by atoms with Crippen LogP contribution in [0.5, 0.6) is 17.2 Å². The minimum absolute atomic E-state index is 0.0351. The maximum Gasteiger partial charge on any atom is 0.343 e. The highest BCUT2D eigenvalue weighted by Gasteiger charge is 2.37. The van der Waals surface area contributed by atoms with E-state index in [-0.39, 0.29) is 23.3 Å². The topological polar surface area (TPSA) is 127 Å². The Morgan fingerprint density at radius 2 is 1.02 bits per heavy atom. The molecule has 9 heteroatoms. The van der Waals surface area contributed by atoms with E-state index in [0.29, 0.717) is 10.6 Å². The van der Waals surface area contributed by atoms with Crippen LogP contribution in [0.3, 0.4) is 0 Å². The number of phenols is 2. The van der Waals surface area contributed by atoms with E-state index in [1.807, 2.05) is 0 Å². The van der Waals surface area contributed by atoms with Crippen molar-refractivity contribution in [3.63, 3.8) is 0 Å². The molecule has 44 heavy (non-hydrogen) atoms.